The highest BCUT2D eigenvalue weighted by Crippen LogP contribution is 2.28. The van der Waals surface area contributed by atoms with Gasteiger partial charge in [0, 0.05) is 50.7 Å². The van der Waals surface area contributed by atoms with E-state index in [1.807, 2.05) is 50.3 Å². The van der Waals surface area contributed by atoms with Crippen molar-refractivity contribution in [2.75, 3.05) is 30.4 Å². The molecule has 2 aliphatic rings. The van der Waals surface area contributed by atoms with E-state index in [-0.39, 0.29) is 30.2 Å². The minimum Gasteiger partial charge on any atom is -0.353 e. The number of carbonyl (C=O) groups is 2. The van der Waals surface area contributed by atoms with Crippen molar-refractivity contribution >= 4 is 23.5 Å². The molecule has 2 unspecified atom stereocenters. The number of hydrogen-bond acceptors (Lipinski definition) is 5. The highest BCUT2D eigenvalue weighted by molar-refractivity contribution is 6.00. The molecule has 1 aliphatic heterocycles. The molecule has 1 aromatic heterocycles. The molecule has 2 aromatic rings. The van der Waals surface area contributed by atoms with Gasteiger partial charge >= 0.3 is 0 Å². The summed E-state index contributed by atoms with van der Waals surface area (Å²) in [6.45, 7) is 4.53. The van der Waals surface area contributed by atoms with Crippen molar-refractivity contribution < 1.29 is 9.59 Å². The van der Waals surface area contributed by atoms with E-state index in [4.69, 9.17) is 0 Å². The first-order chi connectivity index (χ1) is 14.3. The van der Waals surface area contributed by atoms with Gasteiger partial charge in [-0.05, 0) is 61.9 Å². The molecule has 2 heterocycles. The van der Waals surface area contributed by atoms with Crippen LogP contribution in [0.3, 0.4) is 0 Å². The van der Waals surface area contributed by atoms with Crippen LogP contribution in [0.2, 0.25) is 0 Å². The summed E-state index contributed by atoms with van der Waals surface area (Å²) in [7, 11) is 3.86. The van der Waals surface area contributed by atoms with Crippen molar-refractivity contribution in [3.8, 4) is 0 Å². The zero-order valence-corrected chi connectivity index (χ0v) is 18.1. The lowest BCUT2D eigenvalue weighted by molar-refractivity contribution is -0.127. The van der Waals surface area contributed by atoms with E-state index < -0.39 is 0 Å². The fourth-order valence-corrected chi connectivity index (χ4v) is 4.18. The van der Waals surface area contributed by atoms with Crippen LogP contribution in [0.4, 0.5) is 11.6 Å². The Balaban J connectivity index is 1.39. The third-order valence-corrected chi connectivity index (χ3v) is 6.18. The molecule has 1 N–H and O–H groups in total. The number of anilines is 2. The van der Waals surface area contributed by atoms with Gasteiger partial charge in [-0.25, -0.2) is 9.97 Å². The van der Waals surface area contributed by atoms with Crippen LogP contribution < -0.4 is 15.1 Å². The largest absolute Gasteiger partial charge is 0.353 e. The van der Waals surface area contributed by atoms with Gasteiger partial charge in [-0.2, -0.15) is 0 Å². The van der Waals surface area contributed by atoms with Crippen LogP contribution in [-0.4, -0.2) is 48.5 Å². The summed E-state index contributed by atoms with van der Waals surface area (Å²) >= 11 is 0. The van der Waals surface area contributed by atoms with Crippen molar-refractivity contribution in [2.45, 2.75) is 45.6 Å². The van der Waals surface area contributed by atoms with Gasteiger partial charge in [0.2, 0.25) is 17.8 Å². The Labute approximate surface area is 177 Å². The summed E-state index contributed by atoms with van der Waals surface area (Å²) in [5, 5.41) is 3.17. The predicted molar refractivity (Wildman–Crippen MR) is 117 cm³/mol. The van der Waals surface area contributed by atoms with Gasteiger partial charge in [0.1, 0.15) is 0 Å². The normalized spacial score (nSPS) is 20.8. The number of rotatable bonds is 4. The first-order valence-corrected chi connectivity index (χ1v) is 10.5. The van der Waals surface area contributed by atoms with Crippen LogP contribution in [0.25, 0.3) is 0 Å². The van der Waals surface area contributed by atoms with Crippen LogP contribution in [0.15, 0.2) is 24.4 Å². The molecule has 158 valence electrons. The Morgan fingerprint density at radius 1 is 1.20 bits per heavy atom. The Morgan fingerprint density at radius 2 is 2.00 bits per heavy atom. The van der Waals surface area contributed by atoms with Crippen LogP contribution >= 0.6 is 0 Å². The van der Waals surface area contributed by atoms with Gasteiger partial charge in [0.05, 0.1) is 5.92 Å². The average Bonchev–Trinajstić information content (AvgIpc) is 3.11. The van der Waals surface area contributed by atoms with Crippen LogP contribution in [0.1, 0.15) is 35.2 Å². The second-order valence-electron chi connectivity index (χ2n) is 8.66. The Hall–Kier alpha value is -2.96. The highest BCUT2D eigenvalue weighted by Gasteiger charge is 2.36. The molecule has 2 atom stereocenters. The summed E-state index contributed by atoms with van der Waals surface area (Å²) in [6.07, 6.45) is 4.54. The lowest BCUT2D eigenvalue weighted by Gasteiger charge is -2.26. The lowest BCUT2D eigenvalue weighted by Crippen LogP contribution is -2.43. The van der Waals surface area contributed by atoms with Crippen molar-refractivity contribution in [2.24, 2.45) is 5.92 Å². The van der Waals surface area contributed by atoms with Crippen LogP contribution in [0, 0.1) is 19.8 Å². The maximum absolute atomic E-state index is 12.9. The molecule has 7 nitrogen and oxygen atoms in total. The fourth-order valence-electron chi connectivity index (χ4n) is 4.18. The van der Waals surface area contributed by atoms with Crippen molar-refractivity contribution in [1.82, 2.24) is 15.3 Å². The van der Waals surface area contributed by atoms with E-state index >= 15 is 0 Å². The SMILES string of the molecule is Cc1ccc(N2CC(C(=O)NC3CCc4nc(N(C)C)ncc4C3)CC2=O)cc1C. The van der Waals surface area contributed by atoms with Gasteiger partial charge in [0.15, 0.2) is 0 Å². The molecule has 30 heavy (non-hydrogen) atoms. The minimum atomic E-state index is -0.312. The molecule has 7 heteroatoms. The second kappa shape index (κ2) is 8.05. The number of fused-ring (bicyclic) bond motifs is 1. The molecule has 4 rings (SSSR count). The number of benzene rings is 1. The van der Waals surface area contributed by atoms with Crippen molar-refractivity contribution in [3.63, 3.8) is 0 Å². The fraction of sp³-hybridized carbons (Fsp3) is 0.478. The summed E-state index contributed by atoms with van der Waals surface area (Å²) in [5.41, 5.74) is 5.37. The lowest BCUT2D eigenvalue weighted by atomic mass is 9.92. The number of aromatic nitrogens is 2. The third-order valence-electron chi connectivity index (χ3n) is 6.18. The van der Waals surface area contributed by atoms with E-state index in [2.05, 4.69) is 22.2 Å². The van der Waals surface area contributed by atoms with E-state index in [0.29, 0.717) is 12.5 Å². The van der Waals surface area contributed by atoms with Gasteiger partial charge < -0.3 is 15.1 Å². The van der Waals surface area contributed by atoms with Gasteiger partial charge in [-0.1, -0.05) is 6.07 Å². The van der Waals surface area contributed by atoms with Gasteiger partial charge in [-0.3, -0.25) is 9.59 Å². The average molecular weight is 408 g/mol. The zero-order chi connectivity index (χ0) is 21.4. The molecule has 0 bridgehead atoms. The Bertz CT molecular complexity index is 988. The first kappa shape index (κ1) is 20.3. The molecule has 1 saturated heterocycles. The van der Waals surface area contributed by atoms with Crippen molar-refractivity contribution in [3.05, 3.63) is 46.8 Å². The highest BCUT2D eigenvalue weighted by atomic mass is 16.2. The number of hydrogen-bond donors (Lipinski definition) is 1. The maximum Gasteiger partial charge on any atom is 0.227 e. The Morgan fingerprint density at radius 3 is 2.73 bits per heavy atom. The zero-order valence-electron chi connectivity index (χ0n) is 18.1. The molecular weight excluding hydrogens is 378 g/mol. The first-order valence-electron chi connectivity index (χ1n) is 10.5. The standard InChI is InChI=1S/C23H29N5O2/c1-14-5-7-19(9-15(14)2)28-13-17(11-21(28)29)22(30)25-18-6-8-20-16(10-18)12-24-23(26-20)27(3)4/h5,7,9,12,17-18H,6,8,10-11,13H2,1-4H3,(H,25,30). The van der Waals surface area contributed by atoms with E-state index in [9.17, 15) is 9.59 Å². The molecule has 1 aliphatic carbocycles. The number of nitrogens with one attached hydrogen (secondary N) is 1. The quantitative estimate of drug-likeness (QED) is 0.841. The van der Waals surface area contributed by atoms with Gasteiger partial charge in [0.25, 0.3) is 0 Å². The molecular formula is C23H29N5O2. The van der Waals surface area contributed by atoms with Crippen LogP contribution in [0.5, 0.6) is 0 Å². The third kappa shape index (κ3) is 4.01. The number of amides is 2. The Kier molecular flexibility index (Phi) is 5.45. The summed E-state index contributed by atoms with van der Waals surface area (Å²) < 4.78 is 0. The number of carbonyl (C=O) groups excluding carboxylic acids is 2. The topological polar surface area (TPSA) is 78.4 Å². The second-order valence-corrected chi connectivity index (χ2v) is 8.66. The van der Waals surface area contributed by atoms with E-state index in [0.717, 1.165) is 41.8 Å². The number of nitrogens with zero attached hydrogens (tertiary/aromatic N) is 4. The minimum absolute atomic E-state index is 0.0111. The van der Waals surface area contributed by atoms with Gasteiger partial charge in [-0.15, -0.1) is 0 Å². The molecule has 0 saturated carbocycles. The predicted octanol–water partition coefficient (Wildman–Crippen LogP) is 2.19. The smallest absolute Gasteiger partial charge is 0.227 e. The maximum atomic E-state index is 12.9. The molecule has 0 radical (unpaired) electrons. The molecule has 0 spiro atoms. The van der Waals surface area contributed by atoms with E-state index in [1.165, 1.54) is 5.56 Å². The molecule has 1 aromatic carbocycles. The monoisotopic (exact) mass is 407 g/mol. The van der Waals surface area contributed by atoms with E-state index in [1.54, 1.807) is 4.90 Å². The molecule has 1 fully saturated rings. The summed E-state index contributed by atoms with van der Waals surface area (Å²) in [6, 6.07) is 6.06. The molecule has 2 amide bonds. The summed E-state index contributed by atoms with van der Waals surface area (Å²) in [5.74, 6) is 0.381. The van der Waals surface area contributed by atoms with Crippen molar-refractivity contribution in [1.29, 1.82) is 0 Å². The number of aryl methyl sites for hydroxylation is 3. The summed E-state index contributed by atoms with van der Waals surface area (Å²) in [4.78, 5) is 38.1. The van der Waals surface area contributed by atoms with Crippen LogP contribution in [-0.2, 0) is 22.4 Å².